The van der Waals surface area contributed by atoms with Crippen LogP contribution in [-0.4, -0.2) is 29.1 Å². The molecule has 1 heterocycles. The molecule has 0 N–H and O–H groups in total. The summed E-state index contributed by atoms with van der Waals surface area (Å²) in [5.74, 6) is 0.438. The highest BCUT2D eigenvalue weighted by molar-refractivity contribution is 6.28. The molecule has 1 aromatic heterocycles. The lowest BCUT2D eigenvalue weighted by molar-refractivity contribution is 0.378. The molecule has 0 fully saturated rings. The molecule has 0 radical (unpaired) electrons. The Morgan fingerprint density at radius 3 is 2.47 bits per heavy atom. The van der Waals surface area contributed by atoms with E-state index in [1.807, 2.05) is 37.4 Å². The Labute approximate surface area is 104 Å². The highest BCUT2D eigenvalue weighted by Crippen LogP contribution is 2.21. The summed E-state index contributed by atoms with van der Waals surface area (Å²) < 4.78 is 4.95. The standard InChI is InChI=1S/C11H11ClN4O/c1-16(8-6-4-3-5-7-8)10-13-9(12)14-11(15-10)17-2/h3-7H,1-2H3. The summed E-state index contributed by atoms with van der Waals surface area (Å²) in [6, 6.07) is 9.91. The summed E-state index contributed by atoms with van der Waals surface area (Å²) in [5, 5.41) is 0.106. The summed E-state index contributed by atoms with van der Waals surface area (Å²) in [7, 11) is 3.33. The fourth-order valence-electron chi connectivity index (χ4n) is 1.33. The van der Waals surface area contributed by atoms with Crippen LogP contribution in [0.4, 0.5) is 11.6 Å². The van der Waals surface area contributed by atoms with Crippen molar-refractivity contribution in [1.82, 2.24) is 15.0 Å². The van der Waals surface area contributed by atoms with Gasteiger partial charge in [0, 0.05) is 12.7 Å². The number of ether oxygens (including phenoxy) is 1. The minimum Gasteiger partial charge on any atom is -0.467 e. The van der Waals surface area contributed by atoms with Crippen molar-refractivity contribution >= 4 is 23.2 Å². The second-order valence-electron chi connectivity index (χ2n) is 3.29. The van der Waals surface area contributed by atoms with Crippen LogP contribution in [0, 0.1) is 0 Å². The van der Waals surface area contributed by atoms with E-state index in [1.165, 1.54) is 7.11 Å². The molecule has 0 aliphatic heterocycles. The molecule has 0 bridgehead atoms. The monoisotopic (exact) mass is 250 g/mol. The van der Waals surface area contributed by atoms with Crippen molar-refractivity contribution in [3.8, 4) is 6.01 Å². The summed E-state index contributed by atoms with van der Waals surface area (Å²) in [5.41, 5.74) is 0.955. The molecule has 17 heavy (non-hydrogen) atoms. The average Bonchev–Trinajstić information content (AvgIpc) is 2.38. The fraction of sp³-hybridized carbons (Fsp3) is 0.182. The maximum absolute atomic E-state index is 5.79. The molecule has 0 aliphatic carbocycles. The molecular formula is C11H11ClN4O. The van der Waals surface area contributed by atoms with Gasteiger partial charge in [0.2, 0.25) is 11.2 Å². The maximum Gasteiger partial charge on any atom is 0.322 e. The van der Waals surface area contributed by atoms with Crippen molar-refractivity contribution in [3.63, 3.8) is 0 Å². The van der Waals surface area contributed by atoms with Crippen LogP contribution in [0.15, 0.2) is 30.3 Å². The van der Waals surface area contributed by atoms with Gasteiger partial charge in [-0.2, -0.15) is 15.0 Å². The van der Waals surface area contributed by atoms with Crippen LogP contribution in [-0.2, 0) is 0 Å². The lowest BCUT2D eigenvalue weighted by atomic mass is 10.3. The van der Waals surface area contributed by atoms with E-state index in [4.69, 9.17) is 16.3 Å². The second-order valence-corrected chi connectivity index (χ2v) is 3.62. The zero-order valence-corrected chi connectivity index (χ0v) is 10.2. The van der Waals surface area contributed by atoms with Crippen LogP contribution in [0.25, 0.3) is 0 Å². The van der Waals surface area contributed by atoms with Gasteiger partial charge < -0.3 is 9.64 Å². The highest BCUT2D eigenvalue weighted by atomic mass is 35.5. The van der Waals surface area contributed by atoms with Gasteiger partial charge in [-0.25, -0.2) is 0 Å². The third-order valence-corrected chi connectivity index (χ3v) is 2.37. The molecule has 2 rings (SSSR count). The largest absolute Gasteiger partial charge is 0.467 e. The third-order valence-electron chi connectivity index (χ3n) is 2.20. The first kappa shape index (κ1) is 11.6. The van der Waals surface area contributed by atoms with Gasteiger partial charge in [-0.15, -0.1) is 0 Å². The normalized spacial score (nSPS) is 10.1. The van der Waals surface area contributed by atoms with E-state index in [0.29, 0.717) is 5.95 Å². The molecule has 5 nitrogen and oxygen atoms in total. The predicted molar refractivity (Wildman–Crippen MR) is 65.9 cm³/mol. The van der Waals surface area contributed by atoms with Gasteiger partial charge >= 0.3 is 6.01 Å². The molecule has 0 atom stereocenters. The summed E-state index contributed by atoms with van der Waals surface area (Å²) in [6.45, 7) is 0. The number of nitrogens with zero attached hydrogens (tertiary/aromatic N) is 4. The van der Waals surface area contributed by atoms with E-state index >= 15 is 0 Å². The molecule has 0 aliphatic rings. The van der Waals surface area contributed by atoms with Crippen LogP contribution >= 0.6 is 11.6 Å². The van der Waals surface area contributed by atoms with Crippen LogP contribution in [0.5, 0.6) is 6.01 Å². The molecule has 1 aromatic carbocycles. The second kappa shape index (κ2) is 4.97. The number of benzene rings is 1. The van der Waals surface area contributed by atoms with E-state index in [-0.39, 0.29) is 11.3 Å². The lowest BCUT2D eigenvalue weighted by Gasteiger charge is -2.16. The Hall–Kier alpha value is -1.88. The molecule has 2 aromatic rings. The van der Waals surface area contributed by atoms with E-state index in [9.17, 15) is 0 Å². The van der Waals surface area contributed by atoms with Crippen LogP contribution in [0.3, 0.4) is 0 Å². The number of halogens is 1. The van der Waals surface area contributed by atoms with Crippen LogP contribution in [0.2, 0.25) is 5.28 Å². The quantitative estimate of drug-likeness (QED) is 0.837. The molecule has 88 valence electrons. The van der Waals surface area contributed by atoms with Gasteiger partial charge in [-0.3, -0.25) is 0 Å². The lowest BCUT2D eigenvalue weighted by Crippen LogP contribution is -2.14. The molecule has 0 spiro atoms. The van der Waals surface area contributed by atoms with Gasteiger partial charge in [-0.05, 0) is 23.7 Å². The smallest absolute Gasteiger partial charge is 0.322 e. The summed E-state index contributed by atoms with van der Waals surface area (Å²) in [4.78, 5) is 13.8. The Bertz CT molecular complexity index is 506. The Morgan fingerprint density at radius 2 is 1.82 bits per heavy atom. The average molecular weight is 251 g/mol. The van der Waals surface area contributed by atoms with Gasteiger partial charge in [0.25, 0.3) is 0 Å². The van der Waals surface area contributed by atoms with Crippen molar-refractivity contribution in [1.29, 1.82) is 0 Å². The van der Waals surface area contributed by atoms with Crippen molar-refractivity contribution in [3.05, 3.63) is 35.6 Å². The van der Waals surface area contributed by atoms with Crippen molar-refractivity contribution in [2.75, 3.05) is 19.1 Å². The molecular weight excluding hydrogens is 240 g/mol. The van der Waals surface area contributed by atoms with E-state index < -0.39 is 0 Å². The van der Waals surface area contributed by atoms with Gasteiger partial charge in [-0.1, -0.05) is 18.2 Å². The predicted octanol–water partition coefficient (Wildman–Crippen LogP) is 2.30. The number of anilines is 2. The zero-order valence-electron chi connectivity index (χ0n) is 9.46. The number of hydrogen-bond donors (Lipinski definition) is 0. The number of rotatable bonds is 3. The molecule has 6 heteroatoms. The first-order chi connectivity index (χ1) is 8.20. The number of para-hydroxylation sites is 1. The van der Waals surface area contributed by atoms with Gasteiger partial charge in [0.1, 0.15) is 0 Å². The molecule has 0 saturated carbocycles. The van der Waals surface area contributed by atoms with Gasteiger partial charge in [0.15, 0.2) is 0 Å². The SMILES string of the molecule is COc1nc(Cl)nc(N(C)c2ccccc2)n1. The molecule has 0 unspecified atom stereocenters. The first-order valence-electron chi connectivity index (χ1n) is 4.95. The van der Waals surface area contributed by atoms with Gasteiger partial charge in [0.05, 0.1) is 7.11 Å². The zero-order chi connectivity index (χ0) is 12.3. The topological polar surface area (TPSA) is 51.1 Å². The Kier molecular flexibility index (Phi) is 3.39. The van der Waals surface area contributed by atoms with Crippen LogP contribution < -0.4 is 9.64 Å². The van der Waals surface area contributed by atoms with Crippen molar-refractivity contribution < 1.29 is 4.74 Å². The van der Waals surface area contributed by atoms with E-state index in [0.717, 1.165) is 5.69 Å². The Balaban J connectivity index is 2.37. The summed E-state index contributed by atoms with van der Waals surface area (Å²) in [6.07, 6.45) is 0. The van der Waals surface area contributed by atoms with Crippen molar-refractivity contribution in [2.24, 2.45) is 0 Å². The molecule has 0 amide bonds. The fourth-order valence-corrected chi connectivity index (χ4v) is 1.48. The maximum atomic E-state index is 5.79. The number of aromatic nitrogens is 3. The van der Waals surface area contributed by atoms with Crippen molar-refractivity contribution in [2.45, 2.75) is 0 Å². The highest BCUT2D eigenvalue weighted by Gasteiger charge is 2.10. The third kappa shape index (κ3) is 2.62. The number of methoxy groups -OCH3 is 1. The minimum absolute atomic E-state index is 0.106. The summed E-state index contributed by atoms with van der Waals surface area (Å²) >= 11 is 5.79. The number of hydrogen-bond acceptors (Lipinski definition) is 5. The first-order valence-corrected chi connectivity index (χ1v) is 5.33. The van der Waals surface area contributed by atoms with E-state index in [1.54, 1.807) is 4.90 Å². The minimum atomic E-state index is 0.106. The van der Waals surface area contributed by atoms with E-state index in [2.05, 4.69) is 15.0 Å². The Morgan fingerprint density at radius 1 is 1.12 bits per heavy atom. The van der Waals surface area contributed by atoms with Crippen LogP contribution in [0.1, 0.15) is 0 Å². The molecule has 0 saturated heterocycles.